The molecule has 2 aromatic heterocycles. The van der Waals surface area contributed by atoms with Crippen molar-refractivity contribution in [1.82, 2.24) is 14.5 Å². The van der Waals surface area contributed by atoms with E-state index in [-0.39, 0.29) is 43.1 Å². The minimum atomic E-state index is -2.99. The lowest BCUT2D eigenvalue weighted by atomic mass is 10.2. The largest absolute Gasteiger partial charge is 0.465 e. The molecule has 118 valence electrons. The molecule has 1 aliphatic rings. The second-order valence-electron chi connectivity index (χ2n) is 4.98. The number of rotatable bonds is 2. The summed E-state index contributed by atoms with van der Waals surface area (Å²) in [6, 6.07) is 1.37. The molecule has 1 amide bonds. The van der Waals surface area contributed by atoms with E-state index in [9.17, 15) is 9.18 Å². The van der Waals surface area contributed by atoms with E-state index in [0.717, 1.165) is 10.7 Å². The number of piperazine rings is 1. The topological polar surface area (TPSA) is 87.1 Å². The standard InChI is InChI=1S/C14H18FN5O2/c1-2-10-13(16)12-7-11(9(15)8-20(12)17-10)18-3-5-19(6-4-18)14(21)22/h7-8H,2-6,16H2,1H3,(H,21,22)/i1D3,2D2. The van der Waals surface area contributed by atoms with Gasteiger partial charge in [0.05, 0.1) is 28.8 Å². The Morgan fingerprint density at radius 2 is 2.27 bits per heavy atom. The zero-order valence-electron chi connectivity index (χ0n) is 16.6. The molecule has 0 spiro atoms. The van der Waals surface area contributed by atoms with Crippen molar-refractivity contribution in [2.45, 2.75) is 13.2 Å². The van der Waals surface area contributed by atoms with E-state index in [0.29, 0.717) is 0 Å². The number of fused-ring (bicyclic) bond motifs is 1. The van der Waals surface area contributed by atoms with E-state index in [1.165, 1.54) is 11.0 Å². The highest BCUT2D eigenvalue weighted by atomic mass is 19.1. The zero-order chi connectivity index (χ0) is 20.1. The van der Waals surface area contributed by atoms with Crippen molar-refractivity contribution >= 4 is 23.0 Å². The molecule has 22 heavy (non-hydrogen) atoms. The van der Waals surface area contributed by atoms with Gasteiger partial charge in [-0.25, -0.2) is 13.7 Å². The molecule has 0 unspecified atom stereocenters. The zero-order valence-corrected chi connectivity index (χ0v) is 11.6. The molecule has 1 fully saturated rings. The first-order valence-corrected chi connectivity index (χ1v) is 6.64. The number of halogens is 1. The van der Waals surface area contributed by atoms with Gasteiger partial charge in [-0.3, -0.25) is 0 Å². The number of nitrogen functional groups attached to an aromatic ring is 1. The molecule has 1 aliphatic heterocycles. The van der Waals surface area contributed by atoms with Crippen LogP contribution in [0.3, 0.4) is 0 Å². The normalized spacial score (nSPS) is 20.1. The summed E-state index contributed by atoms with van der Waals surface area (Å²) in [5, 5.41) is 12.8. The molecule has 2 aromatic rings. The molecule has 7 nitrogen and oxygen atoms in total. The Bertz CT molecular complexity index is 892. The van der Waals surface area contributed by atoms with Gasteiger partial charge in [-0.05, 0) is 12.4 Å². The molecule has 0 radical (unpaired) electrons. The van der Waals surface area contributed by atoms with Crippen molar-refractivity contribution in [3.8, 4) is 0 Å². The summed E-state index contributed by atoms with van der Waals surface area (Å²) in [6.45, 7) is -2.02. The van der Waals surface area contributed by atoms with Crippen LogP contribution in [0, 0.1) is 5.82 Å². The van der Waals surface area contributed by atoms with E-state index >= 15 is 0 Å². The van der Waals surface area contributed by atoms with E-state index < -0.39 is 30.8 Å². The number of carbonyl (C=O) groups is 1. The van der Waals surface area contributed by atoms with Crippen molar-refractivity contribution in [1.29, 1.82) is 0 Å². The summed E-state index contributed by atoms with van der Waals surface area (Å²) in [7, 11) is 0. The fourth-order valence-corrected chi connectivity index (χ4v) is 2.55. The van der Waals surface area contributed by atoms with Gasteiger partial charge in [-0.15, -0.1) is 0 Å². The van der Waals surface area contributed by atoms with Crippen LogP contribution in [0.4, 0.5) is 20.6 Å². The summed E-state index contributed by atoms with van der Waals surface area (Å²) in [5.74, 6) is -0.658. The molecule has 3 rings (SSSR count). The highest BCUT2D eigenvalue weighted by molar-refractivity contribution is 5.76. The molecule has 3 heterocycles. The highest BCUT2D eigenvalue weighted by Gasteiger charge is 2.23. The summed E-state index contributed by atoms with van der Waals surface area (Å²) in [4.78, 5) is 13.9. The minimum Gasteiger partial charge on any atom is -0.465 e. The van der Waals surface area contributed by atoms with E-state index in [2.05, 4.69) is 5.10 Å². The van der Waals surface area contributed by atoms with Gasteiger partial charge in [-0.2, -0.15) is 5.10 Å². The Kier molecular flexibility index (Phi) is 2.31. The molecule has 8 heteroatoms. The predicted molar refractivity (Wildman–Crippen MR) is 80.8 cm³/mol. The third kappa shape index (κ3) is 2.30. The van der Waals surface area contributed by atoms with E-state index in [4.69, 9.17) is 17.7 Å². The van der Waals surface area contributed by atoms with Gasteiger partial charge >= 0.3 is 6.09 Å². The third-order valence-corrected chi connectivity index (χ3v) is 3.75. The van der Waals surface area contributed by atoms with Gasteiger partial charge in [0.25, 0.3) is 0 Å². The average Bonchev–Trinajstić information content (AvgIpc) is 2.89. The quantitative estimate of drug-likeness (QED) is 0.875. The van der Waals surface area contributed by atoms with Crippen LogP contribution in [0.15, 0.2) is 12.3 Å². The molecular weight excluding hydrogens is 289 g/mol. The number of nitrogens with two attached hydrogens (primary N) is 1. The second-order valence-corrected chi connectivity index (χ2v) is 4.98. The van der Waals surface area contributed by atoms with Crippen LogP contribution in [-0.2, 0) is 6.37 Å². The molecule has 0 bridgehead atoms. The number of hydrogen-bond donors (Lipinski definition) is 2. The Labute approximate surface area is 133 Å². The molecule has 1 saturated heterocycles. The Balaban J connectivity index is 2.00. The summed E-state index contributed by atoms with van der Waals surface area (Å²) >= 11 is 0. The molecule has 0 aliphatic carbocycles. The number of aromatic nitrogens is 2. The maximum Gasteiger partial charge on any atom is 0.407 e. The van der Waals surface area contributed by atoms with Crippen molar-refractivity contribution < 1.29 is 21.1 Å². The van der Waals surface area contributed by atoms with Gasteiger partial charge in [0.15, 0.2) is 5.82 Å². The molecule has 0 atom stereocenters. The van der Waals surface area contributed by atoms with Gasteiger partial charge in [0, 0.05) is 33.0 Å². The van der Waals surface area contributed by atoms with Gasteiger partial charge in [0.2, 0.25) is 0 Å². The van der Waals surface area contributed by atoms with Crippen LogP contribution in [0.1, 0.15) is 19.4 Å². The molecule has 3 N–H and O–H groups in total. The van der Waals surface area contributed by atoms with Crippen molar-refractivity contribution in [3.63, 3.8) is 0 Å². The van der Waals surface area contributed by atoms with Crippen LogP contribution in [0.25, 0.3) is 5.52 Å². The van der Waals surface area contributed by atoms with Crippen LogP contribution >= 0.6 is 0 Å². The third-order valence-electron chi connectivity index (χ3n) is 3.75. The number of nitrogens with zero attached hydrogens (tertiary/aromatic N) is 4. The molecular formula is C14H18FN5O2. The second kappa shape index (κ2) is 5.36. The summed E-state index contributed by atoms with van der Waals surface area (Å²) in [5.41, 5.74) is 5.62. The van der Waals surface area contributed by atoms with Gasteiger partial charge in [0.1, 0.15) is 0 Å². The number of hydrogen-bond acceptors (Lipinski definition) is 4. The fourth-order valence-electron chi connectivity index (χ4n) is 2.55. The minimum absolute atomic E-state index is 0.167. The number of carboxylic acid groups (broad SMARTS) is 1. The van der Waals surface area contributed by atoms with Gasteiger partial charge < -0.3 is 20.6 Å². The monoisotopic (exact) mass is 312 g/mol. The van der Waals surface area contributed by atoms with E-state index in [1.54, 1.807) is 4.90 Å². The average molecular weight is 312 g/mol. The Morgan fingerprint density at radius 3 is 2.91 bits per heavy atom. The highest BCUT2D eigenvalue weighted by Crippen LogP contribution is 2.27. The lowest BCUT2D eigenvalue weighted by Crippen LogP contribution is -2.48. The maximum atomic E-state index is 14.6. The summed E-state index contributed by atoms with van der Waals surface area (Å²) in [6.07, 6.45) is -2.83. The smallest absolute Gasteiger partial charge is 0.407 e. The predicted octanol–water partition coefficient (Wildman–Crippen LogP) is 1.42. The lowest BCUT2D eigenvalue weighted by Gasteiger charge is -2.34. The number of pyridine rings is 1. The first kappa shape index (κ1) is 9.50. The summed E-state index contributed by atoms with van der Waals surface area (Å²) < 4.78 is 53.3. The maximum absolute atomic E-state index is 14.6. The first-order valence-electron chi connectivity index (χ1n) is 9.14. The van der Waals surface area contributed by atoms with Crippen molar-refractivity contribution in [3.05, 3.63) is 23.8 Å². The van der Waals surface area contributed by atoms with Crippen LogP contribution in [0.2, 0.25) is 0 Å². The Hall–Kier alpha value is -2.51. The van der Waals surface area contributed by atoms with Crippen molar-refractivity contribution in [2.24, 2.45) is 0 Å². The van der Waals surface area contributed by atoms with Crippen LogP contribution in [0.5, 0.6) is 0 Å². The van der Waals surface area contributed by atoms with Crippen molar-refractivity contribution in [2.75, 3.05) is 36.8 Å². The Morgan fingerprint density at radius 1 is 1.55 bits per heavy atom. The van der Waals surface area contributed by atoms with Gasteiger partial charge in [-0.1, -0.05) is 6.85 Å². The molecule has 0 saturated carbocycles. The molecule has 0 aromatic carbocycles. The number of aryl methyl sites for hydroxylation is 1. The van der Waals surface area contributed by atoms with E-state index in [1.807, 2.05) is 0 Å². The number of amides is 1. The number of anilines is 2. The lowest BCUT2D eigenvalue weighted by molar-refractivity contribution is 0.142. The van der Waals surface area contributed by atoms with Crippen LogP contribution < -0.4 is 10.6 Å². The fraction of sp³-hybridized carbons (Fsp3) is 0.429. The SMILES string of the molecule is [2H]C([2H])([2H])C([2H])([2H])c1nn2cc(F)c(N3CCN(C(=O)O)CC3)cc2c1N. The first-order chi connectivity index (χ1) is 12.4. The van der Waals surface area contributed by atoms with Crippen LogP contribution in [-0.4, -0.2) is 51.9 Å².